The van der Waals surface area contributed by atoms with E-state index in [0.717, 1.165) is 11.6 Å². The van der Waals surface area contributed by atoms with Gasteiger partial charge in [-0.3, -0.25) is 10.1 Å². The van der Waals surface area contributed by atoms with Crippen molar-refractivity contribution >= 4 is 30.9 Å². The molecular weight excluding hydrogens is 353 g/mol. The molecule has 2 rings (SSSR count). The van der Waals surface area contributed by atoms with Crippen LogP contribution < -0.4 is 0 Å². The minimum Gasteiger partial charge on any atom is -0.258 e. The van der Waals surface area contributed by atoms with Crippen LogP contribution in [0.25, 0.3) is 0 Å². The molecule has 2 aromatic carbocycles. The summed E-state index contributed by atoms with van der Waals surface area (Å²) in [5.74, 6) is 0.579. The number of carbonyl (C=O) groups is 1. The summed E-state index contributed by atoms with van der Waals surface area (Å²) in [7, 11) is -4.77. The fourth-order valence-electron chi connectivity index (χ4n) is 2.01. The number of nitrogens with zero attached hydrogens (tertiary/aromatic N) is 1. The molecule has 0 aliphatic rings. The van der Waals surface area contributed by atoms with Crippen molar-refractivity contribution in [3.05, 3.63) is 69.8 Å². The van der Waals surface area contributed by atoms with Gasteiger partial charge in [0.15, 0.2) is 0 Å². The van der Waals surface area contributed by atoms with Crippen molar-refractivity contribution in [1.29, 1.82) is 0 Å². The molecule has 0 radical (unpaired) electrons. The predicted octanol–water partition coefficient (Wildman–Crippen LogP) is 2.81. The normalized spacial score (nSPS) is 11.3. The minimum absolute atomic E-state index is 0.261. The Bertz CT molecular complexity index is 747. The summed E-state index contributed by atoms with van der Waals surface area (Å²) in [5, 5.41) is 10.8. The van der Waals surface area contributed by atoms with Crippen LogP contribution in [0.15, 0.2) is 53.4 Å². The zero-order valence-electron chi connectivity index (χ0n) is 12.4. The number of non-ortho nitro benzene ring substituents is 1. The van der Waals surface area contributed by atoms with E-state index in [1.165, 1.54) is 23.9 Å². The second kappa shape index (κ2) is 7.83. The van der Waals surface area contributed by atoms with Crippen LogP contribution in [0.3, 0.4) is 0 Å². The molecule has 0 saturated heterocycles. The van der Waals surface area contributed by atoms with Crippen molar-refractivity contribution in [3.8, 4) is 0 Å². The third-order valence-electron chi connectivity index (χ3n) is 3.17. The molecule has 7 nitrogen and oxygen atoms in total. The Kier molecular flexibility index (Phi) is 6.04. The number of hydrogen-bond acceptors (Lipinski definition) is 7. The lowest BCUT2D eigenvalue weighted by Crippen LogP contribution is -2.08. The van der Waals surface area contributed by atoms with Crippen LogP contribution in [0.2, 0.25) is 0 Å². The molecule has 0 amide bonds. The maximum Gasteiger partial charge on any atom is 0.483 e. The molecule has 0 spiro atoms. The molecule has 0 saturated carbocycles. The zero-order chi connectivity index (χ0) is 17.7. The number of thioether (sulfide) groups is 1. The van der Waals surface area contributed by atoms with Crippen LogP contribution in [0.4, 0.5) is 5.69 Å². The molecule has 3 N–H and O–H groups in total. The molecule has 0 heterocycles. The number of benzene rings is 2. The summed E-state index contributed by atoms with van der Waals surface area (Å²) in [4.78, 5) is 50.0. The van der Waals surface area contributed by atoms with Crippen molar-refractivity contribution < 1.29 is 24.4 Å². The first-order chi connectivity index (χ1) is 11.3. The first-order valence-electron chi connectivity index (χ1n) is 6.86. The van der Waals surface area contributed by atoms with Crippen LogP contribution in [0.5, 0.6) is 0 Å². The van der Waals surface area contributed by atoms with E-state index < -0.39 is 18.4 Å². The van der Waals surface area contributed by atoms with Gasteiger partial charge in [0, 0.05) is 22.8 Å². The SMILES string of the molecule is O=C(c1cc([N+](=O)[O-])ccc1SCCc1ccccc1)[P+](O)(O)O. The van der Waals surface area contributed by atoms with Crippen LogP contribution in [-0.2, 0) is 6.42 Å². The van der Waals surface area contributed by atoms with E-state index in [0.29, 0.717) is 17.1 Å². The van der Waals surface area contributed by atoms with Gasteiger partial charge in [-0.2, -0.15) is 14.7 Å². The Morgan fingerprint density at radius 1 is 1.12 bits per heavy atom. The van der Waals surface area contributed by atoms with Gasteiger partial charge < -0.3 is 0 Å². The number of hydrogen-bond donors (Lipinski definition) is 3. The van der Waals surface area contributed by atoms with Gasteiger partial charge in [0.1, 0.15) is 0 Å². The van der Waals surface area contributed by atoms with Crippen molar-refractivity contribution in [1.82, 2.24) is 0 Å². The Morgan fingerprint density at radius 3 is 2.38 bits per heavy atom. The number of nitro groups is 1. The maximum atomic E-state index is 12.0. The van der Waals surface area contributed by atoms with Crippen molar-refractivity contribution in [3.63, 3.8) is 0 Å². The molecule has 126 valence electrons. The minimum atomic E-state index is -4.77. The zero-order valence-corrected chi connectivity index (χ0v) is 14.1. The van der Waals surface area contributed by atoms with E-state index in [2.05, 4.69) is 0 Å². The second-order valence-electron chi connectivity index (χ2n) is 4.90. The van der Waals surface area contributed by atoms with Gasteiger partial charge in [0.25, 0.3) is 5.69 Å². The van der Waals surface area contributed by atoms with E-state index in [1.807, 2.05) is 30.3 Å². The molecule has 0 atom stereocenters. The fraction of sp³-hybridized carbons (Fsp3) is 0.133. The predicted molar refractivity (Wildman–Crippen MR) is 91.9 cm³/mol. The van der Waals surface area contributed by atoms with Crippen molar-refractivity contribution in [2.45, 2.75) is 11.3 Å². The molecule has 0 bridgehead atoms. The van der Waals surface area contributed by atoms with Crippen LogP contribution >= 0.6 is 19.7 Å². The van der Waals surface area contributed by atoms with E-state index in [9.17, 15) is 29.6 Å². The molecule has 0 unspecified atom stereocenters. The van der Waals surface area contributed by atoms with Gasteiger partial charge >= 0.3 is 13.5 Å². The molecule has 0 aliphatic heterocycles. The third kappa shape index (κ3) is 4.83. The van der Waals surface area contributed by atoms with Gasteiger partial charge in [-0.1, -0.05) is 30.3 Å². The van der Waals surface area contributed by atoms with Gasteiger partial charge in [-0.15, -0.1) is 11.8 Å². The van der Waals surface area contributed by atoms with E-state index in [4.69, 9.17) is 0 Å². The summed E-state index contributed by atoms with van der Waals surface area (Å²) in [6, 6.07) is 13.2. The van der Waals surface area contributed by atoms with Crippen molar-refractivity contribution in [2.24, 2.45) is 0 Å². The molecule has 0 aliphatic carbocycles. The number of carbonyl (C=O) groups excluding carboxylic acids is 1. The number of nitro benzene ring substituents is 1. The van der Waals surface area contributed by atoms with Crippen LogP contribution in [0, 0.1) is 10.1 Å². The Morgan fingerprint density at radius 2 is 1.79 bits per heavy atom. The summed E-state index contributed by atoms with van der Waals surface area (Å²) >= 11 is 1.25. The average Bonchev–Trinajstić information content (AvgIpc) is 2.54. The van der Waals surface area contributed by atoms with E-state index in [1.54, 1.807) is 0 Å². The van der Waals surface area contributed by atoms with Gasteiger partial charge in [0.05, 0.1) is 10.5 Å². The lowest BCUT2D eigenvalue weighted by atomic mass is 10.2. The van der Waals surface area contributed by atoms with Crippen molar-refractivity contribution in [2.75, 3.05) is 5.75 Å². The highest BCUT2D eigenvalue weighted by atomic mass is 32.2. The largest absolute Gasteiger partial charge is 0.483 e. The van der Waals surface area contributed by atoms with Crippen LogP contribution in [-0.4, -0.2) is 30.9 Å². The van der Waals surface area contributed by atoms with E-state index in [-0.39, 0.29) is 11.3 Å². The highest BCUT2D eigenvalue weighted by Crippen LogP contribution is 2.49. The monoisotopic (exact) mass is 368 g/mol. The molecule has 9 heteroatoms. The number of rotatable bonds is 7. The van der Waals surface area contributed by atoms with E-state index >= 15 is 0 Å². The Labute approximate surface area is 142 Å². The van der Waals surface area contributed by atoms with Gasteiger partial charge in [-0.05, 0) is 18.1 Å². The Balaban J connectivity index is 2.21. The molecular formula is C15H15NO6PS+. The van der Waals surface area contributed by atoms with Gasteiger partial charge in [-0.25, -0.2) is 4.79 Å². The maximum absolute atomic E-state index is 12.0. The number of aryl methyl sites for hydroxylation is 1. The smallest absolute Gasteiger partial charge is 0.258 e. The second-order valence-corrected chi connectivity index (χ2v) is 7.57. The summed E-state index contributed by atoms with van der Waals surface area (Å²) in [5.41, 5.74) is -0.830. The summed E-state index contributed by atoms with van der Waals surface area (Å²) in [6.07, 6.45) is 0.702. The van der Waals surface area contributed by atoms with Crippen LogP contribution in [0.1, 0.15) is 15.9 Å². The standard InChI is InChI=1S/C15H15NO6PS/c17-15(23(20,21)22)13-10-12(16(18)19)6-7-14(13)24-9-8-11-4-2-1-3-5-11/h1-7,10,20-22H,8-9H2/q+1. The summed E-state index contributed by atoms with van der Waals surface area (Å²) < 4.78 is 0. The quantitative estimate of drug-likeness (QED) is 0.297. The molecule has 2 aromatic rings. The van der Waals surface area contributed by atoms with Gasteiger partial charge in [0.2, 0.25) is 0 Å². The molecule has 0 fully saturated rings. The Hall–Kier alpha value is -1.83. The topological polar surface area (TPSA) is 121 Å². The average molecular weight is 368 g/mol. The summed E-state index contributed by atoms with van der Waals surface area (Å²) in [6.45, 7) is 0. The molecule has 0 aromatic heterocycles. The first-order valence-corrected chi connectivity index (χ1v) is 9.49. The fourth-order valence-corrected chi connectivity index (χ4v) is 3.62. The lowest BCUT2D eigenvalue weighted by molar-refractivity contribution is -0.384. The lowest BCUT2D eigenvalue weighted by Gasteiger charge is -2.08. The highest BCUT2D eigenvalue weighted by Gasteiger charge is 2.45. The molecule has 24 heavy (non-hydrogen) atoms. The third-order valence-corrected chi connectivity index (χ3v) is 5.03. The highest BCUT2D eigenvalue weighted by molar-refractivity contribution is 7.99. The first kappa shape index (κ1) is 18.5.